The molecule has 4 nitrogen and oxygen atoms in total. The molecule has 0 spiro atoms. The van der Waals surface area contributed by atoms with Crippen molar-refractivity contribution in [3.05, 3.63) is 28.9 Å². The maximum absolute atomic E-state index is 5.49. The van der Waals surface area contributed by atoms with Crippen LogP contribution in [0, 0.1) is 0 Å². The molecule has 0 atom stereocenters. The molecule has 5 heteroatoms. The number of aromatic nitrogens is 1. The molecule has 1 heterocycles. The second-order valence-corrected chi connectivity index (χ2v) is 4.40. The molecule has 0 unspecified atom stereocenters. The minimum Gasteiger partial charge on any atom is -0.496 e. The van der Waals surface area contributed by atoms with Gasteiger partial charge in [0, 0.05) is 34.5 Å². The summed E-state index contributed by atoms with van der Waals surface area (Å²) in [6.45, 7) is 1.26. The largest absolute Gasteiger partial charge is 0.496 e. The molecule has 0 radical (unpaired) electrons. The first-order valence-corrected chi connectivity index (χ1v) is 6.12. The van der Waals surface area contributed by atoms with Crippen LogP contribution in [0.15, 0.2) is 28.9 Å². The lowest BCUT2D eigenvalue weighted by atomic mass is 10.1. The highest BCUT2D eigenvalue weighted by Crippen LogP contribution is 2.35. The van der Waals surface area contributed by atoms with Crippen LogP contribution in [-0.2, 0) is 0 Å². The molecule has 90 valence electrons. The monoisotopic (exact) mass is 295 g/mol. The van der Waals surface area contributed by atoms with Crippen LogP contribution >= 0.6 is 15.9 Å². The lowest BCUT2D eigenvalue weighted by molar-refractivity contribution is 0.420. The van der Waals surface area contributed by atoms with Gasteiger partial charge in [0.05, 0.1) is 7.11 Å². The van der Waals surface area contributed by atoms with Gasteiger partial charge >= 0.3 is 0 Å². The number of hydrogen-bond donors (Lipinski definition) is 2. The van der Waals surface area contributed by atoms with Crippen molar-refractivity contribution in [2.45, 2.75) is 0 Å². The fourth-order valence-electron chi connectivity index (χ4n) is 1.73. The van der Waals surface area contributed by atoms with Crippen molar-refractivity contribution < 1.29 is 4.74 Å². The molecule has 0 saturated carbocycles. The summed E-state index contributed by atoms with van der Waals surface area (Å²) in [7, 11) is 1.66. The Morgan fingerprint density at radius 3 is 2.94 bits per heavy atom. The van der Waals surface area contributed by atoms with Crippen molar-refractivity contribution >= 4 is 32.5 Å². The van der Waals surface area contributed by atoms with Crippen LogP contribution in [-0.4, -0.2) is 25.2 Å². The molecule has 0 aliphatic heterocycles. The molecule has 0 amide bonds. The van der Waals surface area contributed by atoms with E-state index in [9.17, 15) is 0 Å². The second kappa shape index (κ2) is 5.33. The first-order valence-electron chi connectivity index (χ1n) is 5.33. The fraction of sp³-hybridized carbons (Fsp3) is 0.250. The number of nitrogens with two attached hydrogens (primary N) is 1. The molecule has 17 heavy (non-hydrogen) atoms. The van der Waals surface area contributed by atoms with Crippen LogP contribution in [0.25, 0.3) is 10.8 Å². The minimum atomic E-state index is 0.569. The number of benzene rings is 1. The molecule has 1 aromatic carbocycles. The number of nitrogens with zero attached hydrogens (tertiary/aromatic N) is 1. The van der Waals surface area contributed by atoms with Crippen LogP contribution in [0.4, 0.5) is 5.82 Å². The highest BCUT2D eigenvalue weighted by Gasteiger charge is 2.09. The zero-order chi connectivity index (χ0) is 12.3. The number of nitrogens with one attached hydrogen (secondary N) is 1. The van der Waals surface area contributed by atoms with Gasteiger partial charge in [-0.25, -0.2) is 4.98 Å². The summed E-state index contributed by atoms with van der Waals surface area (Å²) in [5.41, 5.74) is 5.49. The molecule has 0 aliphatic carbocycles. The Morgan fingerprint density at radius 1 is 1.41 bits per heavy atom. The van der Waals surface area contributed by atoms with E-state index < -0.39 is 0 Å². The number of anilines is 1. The normalized spacial score (nSPS) is 10.5. The number of halogens is 1. The Kier molecular flexibility index (Phi) is 3.81. The molecular formula is C12H14BrN3O. The van der Waals surface area contributed by atoms with E-state index in [4.69, 9.17) is 10.5 Å². The van der Waals surface area contributed by atoms with Crippen molar-refractivity contribution in [3.63, 3.8) is 0 Å². The first-order chi connectivity index (χ1) is 8.27. The van der Waals surface area contributed by atoms with Crippen LogP contribution in [0.3, 0.4) is 0 Å². The van der Waals surface area contributed by atoms with Crippen LogP contribution in [0.2, 0.25) is 0 Å². The van der Waals surface area contributed by atoms with Crippen molar-refractivity contribution in [1.29, 1.82) is 0 Å². The Bertz CT molecular complexity index is 530. The zero-order valence-electron chi connectivity index (χ0n) is 9.53. The fourth-order valence-corrected chi connectivity index (χ4v) is 2.27. The van der Waals surface area contributed by atoms with Crippen LogP contribution in [0.5, 0.6) is 5.75 Å². The second-order valence-electron chi connectivity index (χ2n) is 3.55. The van der Waals surface area contributed by atoms with Gasteiger partial charge < -0.3 is 15.8 Å². The number of hydrogen-bond acceptors (Lipinski definition) is 4. The van der Waals surface area contributed by atoms with Crippen LogP contribution in [0.1, 0.15) is 0 Å². The van der Waals surface area contributed by atoms with Crippen molar-refractivity contribution in [1.82, 2.24) is 4.98 Å². The average Bonchev–Trinajstić information content (AvgIpc) is 2.36. The molecule has 1 aromatic heterocycles. The van der Waals surface area contributed by atoms with Gasteiger partial charge in [0.15, 0.2) is 0 Å². The van der Waals surface area contributed by atoms with Crippen molar-refractivity contribution in [3.8, 4) is 5.75 Å². The van der Waals surface area contributed by atoms with Gasteiger partial charge in [0.25, 0.3) is 0 Å². The molecule has 0 aliphatic rings. The third-order valence-corrected chi connectivity index (χ3v) is 3.15. The third kappa shape index (κ3) is 2.35. The third-order valence-electron chi connectivity index (χ3n) is 2.49. The van der Waals surface area contributed by atoms with E-state index in [1.807, 2.05) is 18.2 Å². The Labute approximate surface area is 108 Å². The maximum Gasteiger partial charge on any atom is 0.135 e. The smallest absolute Gasteiger partial charge is 0.135 e. The van der Waals surface area contributed by atoms with E-state index in [-0.39, 0.29) is 0 Å². The van der Waals surface area contributed by atoms with Gasteiger partial charge in [-0.15, -0.1) is 0 Å². The van der Waals surface area contributed by atoms with E-state index in [0.717, 1.165) is 26.8 Å². The van der Waals surface area contributed by atoms with Gasteiger partial charge in [-0.2, -0.15) is 0 Å². The summed E-state index contributed by atoms with van der Waals surface area (Å²) in [6.07, 6.45) is 1.76. The van der Waals surface area contributed by atoms with E-state index in [2.05, 4.69) is 26.2 Å². The van der Waals surface area contributed by atoms with Gasteiger partial charge in [-0.1, -0.05) is 15.9 Å². The summed E-state index contributed by atoms with van der Waals surface area (Å²) >= 11 is 3.54. The molecule has 2 rings (SSSR count). The van der Waals surface area contributed by atoms with E-state index >= 15 is 0 Å². The van der Waals surface area contributed by atoms with Crippen molar-refractivity contribution in [2.24, 2.45) is 5.73 Å². The number of methoxy groups -OCH3 is 1. The topological polar surface area (TPSA) is 60.2 Å². The lowest BCUT2D eigenvalue weighted by Gasteiger charge is -2.11. The molecule has 2 aromatic rings. The first kappa shape index (κ1) is 12.1. The molecule has 0 bridgehead atoms. The maximum atomic E-state index is 5.49. The number of pyridine rings is 1. The summed E-state index contributed by atoms with van der Waals surface area (Å²) in [5.74, 6) is 1.65. The molecular weight excluding hydrogens is 282 g/mol. The summed E-state index contributed by atoms with van der Waals surface area (Å²) in [6, 6.07) is 5.82. The van der Waals surface area contributed by atoms with Gasteiger partial charge in [-0.05, 0) is 18.2 Å². The number of ether oxygens (including phenoxy) is 1. The lowest BCUT2D eigenvalue weighted by Crippen LogP contribution is -2.14. The highest BCUT2D eigenvalue weighted by molar-refractivity contribution is 9.10. The van der Waals surface area contributed by atoms with Gasteiger partial charge in [0.1, 0.15) is 11.6 Å². The summed E-state index contributed by atoms with van der Waals surface area (Å²) < 4.78 is 6.33. The minimum absolute atomic E-state index is 0.569. The Hall–Kier alpha value is -1.33. The van der Waals surface area contributed by atoms with E-state index in [1.165, 1.54) is 0 Å². The quantitative estimate of drug-likeness (QED) is 0.909. The average molecular weight is 296 g/mol. The van der Waals surface area contributed by atoms with E-state index in [0.29, 0.717) is 13.1 Å². The van der Waals surface area contributed by atoms with Gasteiger partial charge in [0.2, 0.25) is 0 Å². The summed E-state index contributed by atoms with van der Waals surface area (Å²) in [5, 5.41) is 5.25. The molecule has 0 fully saturated rings. The highest BCUT2D eigenvalue weighted by atomic mass is 79.9. The number of rotatable bonds is 4. The van der Waals surface area contributed by atoms with Gasteiger partial charge in [-0.3, -0.25) is 0 Å². The standard InChI is InChI=1S/C12H14BrN3O/c1-17-10-3-2-9(13)11-8(10)4-6-15-12(11)16-7-5-14/h2-4,6H,5,7,14H2,1H3,(H,15,16). The number of fused-ring (bicyclic) bond motifs is 1. The van der Waals surface area contributed by atoms with Crippen molar-refractivity contribution in [2.75, 3.05) is 25.5 Å². The van der Waals surface area contributed by atoms with E-state index in [1.54, 1.807) is 13.3 Å². The predicted molar refractivity (Wildman–Crippen MR) is 73.5 cm³/mol. The Balaban J connectivity index is 2.61. The molecule has 3 N–H and O–H groups in total. The Morgan fingerprint density at radius 2 is 2.24 bits per heavy atom. The predicted octanol–water partition coefficient (Wildman–Crippen LogP) is 2.38. The molecule has 0 saturated heterocycles. The summed E-state index contributed by atoms with van der Waals surface area (Å²) in [4.78, 5) is 4.33. The van der Waals surface area contributed by atoms with Crippen LogP contribution < -0.4 is 15.8 Å². The SMILES string of the molecule is COc1ccc(Br)c2c(NCCN)nccc12. The zero-order valence-corrected chi connectivity index (χ0v) is 11.1.